The van der Waals surface area contributed by atoms with Crippen LogP contribution in [0, 0.1) is 0 Å². The molecule has 1 fully saturated rings. The Balaban J connectivity index is 0.00000420. The number of aryl methyl sites for hydroxylation is 1. The molecule has 0 bridgehead atoms. The second-order valence-corrected chi connectivity index (χ2v) is 11.7. The summed E-state index contributed by atoms with van der Waals surface area (Å²) in [5, 5.41) is 12.2. The van der Waals surface area contributed by atoms with Crippen LogP contribution in [0.4, 0.5) is 0 Å². The Hall–Kier alpha value is -2.90. The number of hydrogen-bond donors (Lipinski definition) is 3. The molecule has 0 saturated carbocycles. The number of nitrogens with zero attached hydrogens (tertiary/aromatic N) is 1. The number of likely N-dealkylation sites (tertiary alicyclic amines) is 1. The van der Waals surface area contributed by atoms with Crippen LogP contribution in [0.5, 0.6) is 0 Å². The molecule has 1 spiro atoms. The minimum Gasteiger partial charge on any atom is -0.481 e. The van der Waals surface area contributed by atoms with Crippen LogP contribution in [0.1, 0.15) is 81.4 Å². The van der Waals surface area contributed by atoms with Crippen LogP contribution in [0.15, 0.2) is 54.6 Å². The lowest BCUT2D eigenvalue weighted by Crippen LogP contribution is -2.57. The van der Waals surface area contributed by atoms with E-state index in [1.807, 2.05) is 29.2 Å². The number of carboxylic acid groups (broad SMARTS) is 1. The van der Waals surface area contributed by atoms with Crippen molar-refractivity contribution in [1.29, 1.82) is 0 Å². The molecule has 212 valence electrons. The summed E-state index contributed by atoms with van der Waals surface area (Å²) in [4.78, 5) is 39.6. The van der Waals surface area contributed by atoms with Gasteiger partial charge in [0.25, 0.3) is 0 Å². The summed E-state index contributed by atoms with van der Waals surface area (Å²) < 4.78 is 0. The monoisotopic (exact) mass is 555 g/mol. The lowest BCUT2D eigenvalue weighted by Gasteiger charge is -2.41. The normalized spacial score (nSPS) is 18.6. The largest absolute Gasteiger partial charge is 0.481 e. The van der Waals surface area contributed by atoms with E-state index in [2.05, 4.69) is 35.6 Å². The third-order valence-electron chi connectivity index (χ3n) is 8.34. The Morgan fingerprint density at radius 3 is 2.36 bits per heavy atom. The van der Waals surface area contributed by atoms with Gasteiger partial charge >= 0.3 is 5.97 Å². The molecule has 2 unspecified atom stereocenters. The summed E-state index contributed by atoms with van der Waals surface area (Å²) in [6.45, 7) is 4.54. The van der Waals surface area contributed by atoms with Gasteiger partial charge in [-0.2, -0.15) is 0 Å². The Bertz CT molecular complexity index is 1140. The first-order valence-corrected chi connectivity index (χ1v) is 13.8. The van der Waals surface area contributed by atoms with Crippen LogP contribution in [-0.4, -0.2) is 52.5 Å². The van der Waals surface area contributed by atoms with E-state index in [0.717, 1.165) is 32.1 Å². The zero-order valence-corrected chi connectivity index (χ0v) is 23.8. The molecule has 2 amide bonds. The lowest BCUT2D eigenvalue weighted by molar-refractivity contribution is -0.139. The van der Waals surface area contributed by atoms with Crippen LogP contribution < -0.4 is 11.1 Å². The second-order valence-electron chi connectivity index (χ2n) is 11.7. The highest BCUT2D eigenvalue weighted by atomic mass is 35.5. The third kappa shape index (κ3) is 7.40. The Labute approximate surface area is 237 Å². The first-order valence-electron chi connectivity index (χ1n) is 13.8. The Kier molecular flexibility index (Phi) is 10.2. The van der Waals surface area contributed by atoms with Crippen molar-refractivity contribution >= 4 is 30.2 Å². The van der Waals surface area contributed by atoms with E-state index in [9.17, 15) is 19.5 Å². The number of nitrogens with two attached hydrogens (primary N) is 1. The molecule has 2 aromatic carbocycles. The van der Waals surface area contributed by atoms with E-state index in [0.29, 0.717) is 25.9 Å². The highest BCUT2D eigenvalue weighted by molar-refractivity contribution is 5.91. The summed E-state index contributed by atoms with van der Waals surface area (Å²) >= 11 is 0. The van der Waals surface area contributed by atoms with Gasteiger partial charge < -0.3 is 21.1 Å². The molecule has 7 nitrogen and oxygen atoms in total. The standard InChI is InChI=1S/C31H41N3O4.ClH/c1-30(2,32)29(38)33-26(14-8-11-22-9-4-3-5-10-22)28(37)34-19-17-31(18-20-34)21-23(15-16-27(35)36)24-12-6-7-13-25(24)31;/h3-7,9-10,12-13,23,26H,8,11,14-21,32H2,1-2H3,(H,33,38)(H,35,36);1H. The minimum absolute atomic E-state index is 0. The molecule has 0 aromatic heterocycles. The quantitative estimate of drug-likeness (QED) is 0.397. The SMILES string of the molecule is CC(C)(N)C(=O)NC(CCCc1ccccc1)C(=O)N1CCC2(CC1)CC(CCC(=O)O)c1ccccc12.Cl. The molecular formula is C31H42ClN3O4. The minimum atomic E-state index is -1.07. The van der Waals surface area contributed by atoms with E-state index >= 15 is 0 Å². The van der Waals surface area contributed by atoms with Gasteiger partial charge in [0, 0.05) is 19.5 Å². The van der Waals surface area contributed by atoms with E-state index in [4.69, 9.17) is 5.73 Å². The van der Waals surface area contributed by atoms with Gasteiger partial charge in [-0.25, -0.2) is 0 Å². The molecule has 2 aliphatic rings. The van der Waals surface area contributed by atoms with Crippen molar-refractivity contribution in [3.05, 3.63) is 71.3 Å². The highest BCUT2D eigenvalue weighted by Gasteiger charge is 2.46. The van der Waals surface area contributed by atoms with Gasteiger partial charge in [-0.05, 0) is 86.8 Å². The van der Waals surface area contributed by atoms with Crippen LogP contribution in [-0.2, 0) is 26.2 Å². The molecule has 4 rings (SSSR count). The van der Waals surface area contributed by atoms with Crippen molar-refractivity contribution in [3.63, 3.8) is 0 Å². The number of rotatable bonds is 10. The number of aliphatic carboxylic acids is 1. The highest BCUT2D eigenvalue weighted by Crippen LogP contribution is 2.53. The van der Waals surface area contributed by atoms with Crippen molar-refractivity contribution in [2.75, 3.05) is 13.1 Å². The van der Waals surface area contributed by atoms with Gasteiger partial charge in [0.1, 0.15) is 6.04 Å². The number of carbonyl (C=O) groups excluding carboxylic acids is 2. The van der Waals surface area contributed by atoms with Crippen molar-refractivity contribution in [3.8, 4) is 0 Å². The van der Waals surface area contributed by atoms with Gasteiger partial charge in [-0.1, -0.05) is 54.6 Å². The molecule has 1 aliphatic carbocycles. The predicted octanol–water partition coefficient (Wildman–Crippen LogP) is 4.57. The smallest absolute Gasteiger partial charge is 0.303 e. The fourth-order valence-corrected chi connectivity index (χ4v) is 6.19. The maximum absolute atomic E-state index is 13.7. The Morgan fingerprint density at radius 2 is 1.72 bits per heavy atom. The maximum Gasteiger partial charge on any atom is 0.303 e. The molecule has 1 aliphatic heterocycles. The predicted molar refractivity (Wildman–Crippen MR) is 155 cm³/mol. The number of hydrogen-bond acceptors (Lipinski definition) is 4. The number of halogens is 1. The molecule has 2 aromatic rings. The maximum atomic E-state index is 13.7. The third-order valence-corrected chi connectivity index (χ3v) is 8.34. The number of nitrogens with one attached hydrogen (secondary N) is 1. The van der Waals surface area contributed by atoms with Crippen molar-refractivity contribution in [1.82, 2.24) is 10.2 Å². The molecule has 39 heavy (non-hydrogen) atoms. The number of benzene rings is 2. The average Bonchev–Trinajstić information content (AvgIpc) is 3.20. The van der Waals surface area contributed by atoms with Crippen molar-refractivity contribution < 1.29 is 19.5 Å². The summed E-state index contributed by atoms with van der Waals surface area (Å²) in [5.41, 5.74) is 8.74. The molecule has 8 heteroatoms. The first kappa shape index (κ1) is 30.6. The van der Waals surface area contributed by atoms with Crippen LogP contribution in [0.25, 0.3) is 0 Å². The molecule has 4 N–H and O–H groups in total. The molecular weight excluding hydrogens is 514 g/mol. The van der Waals surface area contributed by atoms with E-state index < -0.39 is 17.6 Å². The summed E-state index contributed by atoms with van der Waals surface area (Å²) in [6.07, 6.45) is 5.59. The fourth-order valence-electron chi connectivity index (χ4n) is 6.19. The van der Waals surface area contributed by atoms with E-state index in [1.165, 1.54) is 16.7 Å². The summed E-state index contributed by atoms with van der Waals surface area (Å²) in [5.74, 6) is -0.888. The van der Waals surface area contributed by atoms with Crippen molar-refractivity contribution in [2.45, 2.75) is 88.1 Å². The second kappa shape index (κ2) is 13.0. The fraction of sp³-hybridized carbons (Fsp3) is 0.516. The number of fused-ring (bicyclic) bond motifs is 2. The zero-order chi connectivity index (χ0) is 27.3. The van der Waals surface area contributed by atoms with Crippen molar-refractivity contribution in [2.24, 2.45) is 5.73 Å². The summed E-state index contributed by atoms with van der Waals surface area (Å²) in [6, 6.07) is 18.0. The molecule has 0 radical (unpaired) electrons. The van der Waals surface area contributed by atoms with Crippen LogP contribution in [0.2, 0.25) is 0 Å². The number of carboxylic acids is 1. The first-order chi connectivity index (χ1) is 18.1. The van der Waals surface area contributed by atoms with Gasteiger partial charge in [0.15, 0.2) is 0 Å². The lowest BCUT2D eigenvalue weighted by atomic mass is 9.73. The molecule has 1 heterocycles. The van der Waals surface area contributed by atoms with Crippen LogP contribution >= 0.6 is 12.4 Å². The van der Waals surface area contributed by atoms with Crippen LogP contribution in [0.3, 0.4) is 0 Å². The van der Waals surface area contributed by atoms with E-state index in [-0.39, 0.29) is 42.0 Å². The van der Waals surface area contributed by atoms with E-state index in [1.54, 1.807) is 13.8 Å². The number of piperidine rings is 1. The van der Waals surface area contributed by atoms with Gasteiger partial charge in [-0.15, -0.1) is 12.4 Å². The number of carbonyl (C=O) groups is 3. The topological polar surface area (TPSA) is 113 Å². The average molecular weight is 556 g/mol. The zero-order valence-electron chi connectivity index (χ0n) is 23.0. The summed E-state index contributed by atoms with van der Waals surface area (Å²) in [7, 11) is 0. The molecule has 2 atom stereocenters. The van der Waals surface area contributed by atoms with Gasteiger partial charge in [-0.3, -0.25) is 14.4 Å². The van der Waals surface area contributed by atoms with Gasteiger partial charge in [0.05, 0.1) is 5.54 Å². The Morgan fingerprint density at radius 1 is 1.08 bits per heavy atom. The molecule has 1 saturated heterocycles. The van der Waals surface area contributed by atoms with Gasteiger partial charge in [0.2, 0.25) is 11.8 Å². The number of amides is 2.